The maximum absolute atomic E-state index is 11.0. The number of halogens is 1. The summed E-state index contributed by atoms with van der Waals surface area (Å²) in [5.41, 5.74) is 0.558. The first-order chi connectivity index (χ1) is 6.74. The number of benzene rings is 1. The molecule has 0 heterocycles. The van der Waals surface area contributed by atoms with Gasteiger partial charge in [-0.25, -0.2) is 4.79 Å². The van der Waals surface area contributed by atoms with Crippen LogP contribution >= 0.6 is 22.6 Å². The van der Waals surface area contributed by atoms with E-state index in [9.17, 15) is 9.90 Å². The summed E-state index contributed by atoms with van der Waals surface area (Å²) < 4.78 is 6.23. The average molecular weight is 304 g/mol. The monoisotopic (exact) mass is 304 g/mol. The van der Waals surface area contributed by atoms with Crippen molar-refractivity contribution in [3.05, 3.63) is 46.1 Å². The Kier molecular flexibility index (Phi) is 4.61. The summed E-state index contributed by atoms with van der Waals surface area (Å²) in [7, 11) is 0. The largest absolute Gasteiger partial charge is 0.428 e. The Balaban J connectivity index is 2.59. The topological polar surface area (TPSA) is 46.5 Å². The minimum Gasteiger partial charge on any atom is -0.428 e. The zero-order chi connectivity index (χ0) is 10.4. The van der Waals surface area contributed by atoms with Crippen molar-refractivity contribution < 1.29 is 14.6 Å². The number of carbonyl (C=O) groups is 1. The Labute approximate surface area is 95.5 Å². The molecule has 3 nitrogen and oxygen atoms in total. The van der Waals surface area contributed by atoms with Gasteiger partial charge in [-0.15, -0.1) is 0 Å². The maximum atomic E-state index is 11.0. The predicted molar refractivity (Wildman–Crippen MR) is 60.7 cm³/mol. The summed E-state index contributed by atoms with van der Waals surface area (Å²) in [5, 5.41) is 9.44. The fraction of sp³-hybridized carbons (Fsp3) is 0.100. The van der Waals surface area contributed by atoms with E-state index in [1.165, 1.54) is 10.2 Å². The molecular weight excluding hydrogens is 295 g/mol. The van der Waals surface area contributed by atoms with E-state index in [0.717, 1.165) is 0 Å². The number of ether oxygens (including phenoxy) is 1. The first-order valence-corrected chi connectivity index (χ1v) is 5.19. The number of aliphatic hydroxyl groups excluding tert-OH is 1. The van der Waals surface area contributed by atoms with Crippen LogP contribution in [0.1, 0.15) is 11.9 Å². The van der Waals surface area contributed by atoms with E-state index in [4.69, 9.17) is 4.74 Å². The molecule has 0 saturated heterocycles. The number of rotatable bonds is 3. The highest BCUT2D eigenvalue weighted by atomic mass is 127. The normalized spacial score (nSPS) is 12.7. The van der Waals surface area contributed by atoms with Crippen LogP contribution in [0, 0.1) is 0 Å². The molecule has 1 atom stereocenters. The third-order valence-electron chi connectivity index (χ3n) is 1.51. The summed E-state index contributed by atoms with van der Waals surface area (Å²) >= 11 is 1.90. The van der Waals surface area contributed by atoms with Gasteiger partial charge in [0, 0.05) is 11.6 Å². The number of esters is 1. The Morgan fingerprint density at radius 3 is 2.64 bits per heavy atom. The highest BCUT2D eigenvalue weighted by Crippen LogP contribution is 2.13. The van der Waals surface area contributed by atoms with Crippen molar-refractivity contribution in [2.45, 2.75) is 6.29 Å². The van der Waals surface area contributed by atoms with Crippen molar-refractivity contribution >= 4 is 28.6 Å². The molecule has 0 aromatic heterocycles. The molecule has 74 valence electrons. The van der Waals surface area contributed by atoms with Crippen LogP contribution in [-0.4, -0.2) is 11.1 Å². The van der Waals surface area contributed by atoms with Gasteiger partial charge in [-0.05, 0) is 4.08 Å². The van der Waals surface area contributed by atoms with Crippen molar-refractivity contribution in [2.75, 3.05) is 0 Å². The molecule has 0 fully saturated rings. The van der Waals surface area contributed by atoms with Gasteiger partial charge in [0.25, 0.3) is 0 Å². The SMILES string of the molecule is O=C(C=CI)OC(O)c1ccccc1. The van der Waals surface area contributed by atoms with Crippen LogP contribution in [0.2, 0.25) is 0 Å². The minimum absolute atomic E-state index is 0.558. The average Bonchev–Trinajstić information content (AvgIpc) is 2.19. The van der Waals surface area contributed by atoms with E-state index in [0.29, 0.717) is 5.56 Å². The Bertz CT molecular complexity index is 321. The molecule has 0 radical (unpaired) electrons. The summed E-state index contributed by atoms with van der Waals surface area (Å²) in [4.78, 5) is 11.0. The molecule has 0 amide bonds. The molecule has 4 heteroatoms. The van der Waals surface area contributed by atoms with Gasteiger partial charge in [0.2, 0.25) is 6.29 Å². The molecule has 0 saturated carbocycles. The van der Waals surface area contributed by atoms with Crippen molar-refractivity contribution in [1.29, 1.82) is 0 Å². The molecule has 1 aromatic carbocycles. The molecule has 0 aliphatic heterocycles. The second-order valence-corrected chi connectivity index (χ2v) is 3.21. The number of aliphatic hydroxyl groups is 1. The highest BCUT2D eigenvalue weighted by Gasteiger charge is 2.09. The van der Waals surface area contributed by atoms with Crippen molar-refractivity contribution in [3.8, 4) is 0 Å². The van der Waals surface area contributed by atoms with Crippen LogP contribution in [0.25, 0.3) is 0 Å². The molecule has 0 aliphatic rings. The van der Waals surface area contributed by atoms with E-state index in [2.05, 4.69) is 0 Å². The van der Waals surface area contributed by atoms with Crippen LogP contribution in [0.4, 0.5) is 0 Å². The molecule has 14 heavy (non-hydrogen) atoms. The molecule has 1 unspecified atom stereocenters. The lowest BCUT2D eigenvalue weighted by molar-refractivity contribution is -0.162. The minimum atomic E-state index is -1.20. The summed E-state index contributed by atoms with van der Waals surface area (Å²) in [6.45, 7) is 0. The summed E-state index contributed by atoms with van der Waals surface area (Å²) in [6.07, 6.45) is 0.0449. The van der Waals surface area contributed by atoms with Gasteiger partial charge >= 0.3 is 5.97 Å². The van der Waals surface area contributed by atoms with Crippen molar-refractivity contribution in [2.24, 2.45) is 0 Å². The lowest BCUT2D eigenvalue weighted by atomic mass is 10.2. The smallest absolute Gasteiger partial charge is 0.333 e. The second-order valence-electron chi connectivity index (χ2n) is 2.49. The molecule has 1 N–H and O–H groups in total. The lowest BCUT2D eigenvalue weighted by Crippen LogP contribution is -2.08. The first-order valence-electron chi connectivity index (χ1n) is 3.94. The van der Waals surface area contributed by atoms with E-state index >= 15 is 0 Å². The van der Waals surface area contributed by atoms with E-state index in [1.807, 2.05) is 28.7 Å². The Morgan fingerprint density at radius 1 is 1.43 bits per heavy atom. The molecule has 0 aliphatic carbocycles. The van der Waals surface area contributed by atoms with Crippen LogP contribution in [0.15, 0.2) is 40.5 Å². The van der Waals surface area contributed by atoms with E-state index < -0.39 is 12.3 Å². The quantitative estimate of drug-likeness (QED) is 0.403. The van der Waals surface area contributed by atoms with Gasteiger partial charge in [-0.1, -0.05) is 52.9 Å². The van der Waals surface area contributed by atoms with E-state index in [1.54, 1.807) is 24.3 Å². The van der Waals surface area contributed by atoms with Crippen LogP contribution in [0.3, 0.4) is 0 Å². The van der Waals surface area contributed by atoms with Gasteiger partial charge in [0.1, 0.15) is 0 Å². The predicted octanol–water partition coefficient (Wildman–Crippen LogP) is 2.17. The molecule has 1 rings (SSSR count). The Morgan fingerprint density at radius 2 is 2.07 bits per heavy atom. The maximum Gasteiger partial charge on any atom is 0.333 e. The van der Waals surface area contributed by atoms with Crippen LogP contribution in [0.5, 0.6) is 0 Å². The van der Waals surface area contributed by atoms with Crippen LogP contribution in [-0.2, 0) is 9.53 Å². The van der Waals surface area contributed by atoms with Gasteiger partial charge in [0.05, 0.1) is 0 Å². The molecular formula is C10H9IO3. The summed E-state index contributed by atoms with van der Waals surface area (Å²) in [6, 6.07) is 8.72. The van der Waals surface area contributed by atoms with Gasteiger partial charge in [0.15, 0.2) is 0 Å². The number of hydrogen-bond acceptors (Lipinski definition) is 3. The van der Waals surface area contributed by atoms with Crippen molar-refractivity contribution in [3.63, 3.8) is 0 Å². The molecule has 0 spiro atoms. The number of hydrogen-bond donors (Lipinski definition) is 1. The Hall–Kier alpha value is -0.880. The van der Waals surface area contributed by atoms with Gasteiger partial charge < -0.3 is 9.84 Å². The van der Waals surface area contributed by atoms with Crippen molar-refractivity contribution in [1.82, 2.24) is 0 Å². The first kappa shape index (κ1) is 11.2. The van der Waals surface area contributed by atoms with Gasteiger partial charge in [-0.3, -0.25) is 0 Å². The molecule has 1 aromatic rings. The zero-order valence-electron chi connectivity index (χ0n) is 7.26. The zero-order valence-corrected chi connectivity index (χ0v) is 9.42. The van der Waals surface area contributed by atoms with Gasteiger partial charge in [-0.2, -0.15) is 0 Å². The third kappa shape index (κ3) is 3.47. The third-order valence-corrected chi connectivity index (χ3v) is 1.87. The fourth-order valence-electron chi connectivity index (χ4n) is 0.886. The summed E-state index contributed by atoms with van der Waals surface area (Å²) in [5.74, 6) is -0.559. The fourth-order valence-corrected chi connectivity index (χ4v) is 1.18. The standard InChI is InChI=1S/C10H9IO3/c11-7-6-9(12)14-10(13)8-4-2-1-3-5-8/h1-7,10,13H. The van der Waals surface area contributed by atoms with Crippen LogP contribution < -0.4 is 0 Å². The van der Waals surface area contributed by atoms with E-state index in [-0.39, 0.29) is 0 Å². The second kappa shape index (κ2) is 5.77. The number of carbonyl (C=O) groups excluding carboxylic acids is 1. The molecule has 0 bridgehead atoms. The lowest BCUT2D eigenvalue weighted by Gasteiger charge is -2.09. The highest BCUT2D eigenvalue weighted by molar-refractivity contribution is 14.1.